The van der Waals surface area contributed by atoms with E-state index in [2.05, 4.69) is 22.3 Å². The number of hydrogen-bond acceptors (Lipinski definition) is 6. The third kappa shape index (κ3) is 3.93. The van der Waals surface area contributed by atoms with Gasteiger partial charge < -0.3 is 19.9 Å². The molecule has 1 amide bonds. The highest BCUT2D eigenvalue weighted by molar-refractivity contribution is 5.98. The molecule has 4 aromatic rings. The van der Waals surface area contributed by atoms with Gasteiger partial charge in [-0.3, -0.25) is 4.79 Å². The van der Waals surface area contributed by atoms with E-state index in [1.165, 1.54) is 0 Å². The molecule has 3 aromatic carbocycles. The number of anilines is 4. The lowest BCUT2D eigenvalue weighted by molar-refractivity contribution is -0.116. The molecule has 7 heteroatoms. The molecule has 0 atom stereocenters. The number of ether oxygens (including phenoxy) is 1. The number of benzene rings is 3. The van der Waals surface area contributed by atoms with Crippen LogP contribution in [0.5, 0.6) is 5.75 Å². The Hall–Kier alpha value is -4.13. The summed E-state index contributed by atoms with van der Waals surface area (Å²) in [6, 6.07) is 23.9. The zero-order valence-electron chi connectivity index (χ0n) is 18.7. The van der Waals surface area contributed by atoms with Crippen molar-refractivity contribution in [1.29, 1.82) is 0 Å². The number of methoxy groups -OCH3 is 1. The van der Waals surface area contributed by atoms with E-state index < -0.39 is 0 Å². The van der Waals surface area contributed by atoms with Gasteiger partial charge in [-0.2, -0.15) is 4.98 Å². The molecule has 0 saturated carbocycles. The molecular weight excluding hydrogens is 414 g/mol. The average Bonchev–Trinajstić information content (AvgIpc) is 2.86. The summed E-state index contributed by atoms with van der Waals surface area (Å²) in [4.78, 5) is 25.9. The van der Waals surface area contributed by atoms with Crippen LogP contribution >= 0.6 is 0 Å². The van der Waals surface area contributed by atoms with Gasteiger partial charge in [-0.1, -0.05) is 48.5 Å². The zero-order chi connectivity index (χ0) is 22.8. The number of aromatic nitrogens is 2. The van der Waals surface area contributed by atoms with Crippen LogP contribution in [0.2, 0.25) is 0 Å². The largest absolute Gasteiger partial charge is 0.494 e. The summed E-state index contributed by atoms with van der Waals surface area (Å²) in [6.07, 6.45) is 0. The Morgan fingerprint density at radius 2 is 1.70 bits per heavy atom. The van der Waals surface area contributed by atoms with Crippen molar-refractivity contribution >= 4 is 40.0 Å². The molecule has 0 saturated heterocycles. The molecule has 1 aliphatic rings. The van der Waals surface area contributed by atoms with Crippen LogP contribution in [-0.4, -0.2) is 36.1 Å². The Balaban J connectivity index is 1.61. The maximum atomic E-state index is 12.2. The minimum Gasteiger partial charge on any atom is -0.494 e. The number of nitrogens with zero attached hydrogens (tertiary/aromatic N) is 4. The van der Waals surface area contributed by atoms with Crippen LogP contribution in [0.1, 0.15) is 12.5 Å². The molecule has 33 heavy (non-hydrogen) atoms. The van der Waals surface area contributed by atoms with Gasteiger partial charge in [-0.05, 0) is 29.8 Å². The number of para-hydroxylation sites is 3. The summed E-state index contributed by atoms with van der Waals surface area (Å²) in [5.41, 5.74) is 3.67. The topological polar surface area (TPSA) is 70.6 Å². The van der Waals surface area contributed by atoms with Crippen LogP contribution in [0.3, 0.4) is 0 Å². The molecule has 1 aliphatic heterocycles. The summed E-state index contributed by atoms with van der Waals surface area (Å²) in [7, 11) is 1.65. The van der Waals surface area contributed by atoms with Crippen LogP contribution in [0, 0.1) is 0 Å². The van der Waals surface area contributed by atoms with Crippen molar-refractivity contribution in [3.63, 3.8) is 0 Å². The van der Waals surface area contributed by atoms with E-state index in [9.17, 15) is 4.79 Å². The van der Waals surface area contributed by atoms with E-state index in [0.29, 0.717) is 31.3 Å². The SMILES string of the molecule is COc1cccc2c(NCc3ccccc3)nc(N3CCN(C(C)=O)c4ccccc43)nc12. The van der Waals surface area contributed by atoms with Crippen molar-refractivity contribution in [2.75, 3.05) is 35.3 Å². The van der Waals surface area contributed by atoms with Gasteiger partial charge in [0.05, 0.1) is 18.5 Å². The van der Waals surface area contributed by atoms with Crippen molar-refractivity contribution in [1.82, 2.24) is 9.97 Å². The number of hydrogen-bond donors (Lipinski definition) is 1. The predicted octanol–water partition coefficient (Wildman–Crippen LogP) is 4.76. The average molecular weight is 440 g/mol. The molecule has 0 unspecified atom stereocenters. The highest BCUT2D eigenvalue weighted by Crippen LogP contribution is 2.38. The normalized spacial score (nSPS) is 13.0. The van der Waals surface area contributed by atoms with E-state index in [-0.39, 0.29) is 5.91 Å². The first kappa shape index (κ1) is 20.8. The minimum absolute atomic E-state index is 0.0217. The summed E-state index contributed by atoms with van der Waals surface area (Å²) in [6.45, 7) is 3.38. The van der Waals surface area contributed by atoms with Crippen molar-refractivity contribution in [3.8, 4) is 5.75 Å². The third-order valence-electron chi connectivity index (χ3n) is 5.83. The minimum atomic E-state index is 0.0217. The predicted molar refractivity (Wildman–Crippen MR) is 131 cm³/mol. The first-order valence-electron chi connectivity index (χ1n) is 10.9. The Bertz CT molecular complexity index is 1310. The second-order valence-electron chi connectivity index (χ2n) is 7.88. The summed E-state index contributed by atoms with van der Waals surface area (Å²) >= 11 is 0. The van der Waals surface area contributed by atoms with Crippen LogP contribution in [-0.2, 0) is 11.3 Å². The number of carbonyl (C=O) groups excluding carboxylic acids is 1. The van der Waals surface area contributed by atoms with Crippen molar-refractivity contribution in [2.24, 2.45) is 0 Å². The molecule has 2 heterocycles. The fourth-order valence-corrected chi connectivity index (χ4v) is 4.21. The first-order valence-corrected chi connectivity index (χ1v) is 10.9. The maximum absolute atomic E-state index is 12.2. The number of nitrogens with one attached hydrogen (secondary N) is 1. The Morgan fingerprint density at radius 3 is 2.45 bits per heavy atom. The molecule has 0 fully saturated rings. The Morgan fingerprint density at radius 1 is 0.939 bits per heavy atom. The molecule has 0 bridgehead atoms. The van der Waals surface area contributed by atoms with E-state index in [1.54, 1.807) is 18.9 Å². The third-order valence-corrected chi connectivity index (χ3v) is 5.83. The summed E-state index contributed by atoms with van der Waals surface area (Å²) in [5.74, 6) is 2.02. The number of rotatable bonds is 5. The van der Waals surface area contributed by atoms with Crippen molar-refractivity contribution < 1.29 is 9.53 Å². The summed E-state index contributed by atoms with van der Waals surface area (Å²) < 4.78 is 5.62. The van der Waals surface area contributed by atoms with E-state index in [4.69, 9.17) is 14.7 Å². The van der Waals surface area contributed by atoms with Gasteiger partial charge in [0.1, 0.15) is 17.1 Å². The van der Waals surface area contributed by atoms with Gasteiger partial charge in [0.15, 0.2) is 0 Å². The smallest absolute Gasteiger partial charge is 0.232 e. The standard InChI is InChI=1S/C26H25N5O2/c1-18(32)30-15-16-31(22-13-7-6-12-21(22)30)26-28-24-20(11-8-14-23(24)33-2)25(29-26)27-17-19-9-4-3-5-10-19/h3-14H,15-17H2,1-2H3,(H,27,28,29). The quantitative estimate of drug-likeness (QED) is 0.484. The number of fused-ring (bicyclic) bond motifs is 2. The second kappa shape index (κ2) is 8.78. The lowest BCUT2D eigenvalue weighted by atomic mass is 10.1. The second-order valence-corrected chi connectivity index (χ2v) is 7.88. The summed E-state index contributed by atoms with van der Waals surface area (Å²) in [5, 5.41) is 4.38. The molecular formula is C26H25N5O2. The molecule has 0 spiro atoms. The van der Waals surface area contributed by atoms with E-state index in [0.717, 1.165) is 33.7 Å². The molecule has 7 nitrogen and oxygen atoms in total. The Labute approximate surface area is 192 Å². The zero-order valence-corrected chi connectivity index (χ0v) is 18.7. The van der Waals surface area contributed by atoms with Gasteiger partial charge in [0.25, 0.3) is 0 Å². The molecule has 1 N–H and O–H groups in total. The lowest BCUT2D eigenvalue weighted by Gasteiger charge is -2.36. The van der Waals surface area contributed by atoms with Gasteiger partial charge in [-0.15, -0.1) is 0 Å². The highest BCUT2D eigenvalue weighted by atomic mass is 16.5. The maximum Gasteiger partial charge on any atom is 0.232 e. The van der Waals surface area contributed by atoms with Crippen LogP contribution in [0.25, 0.3) is 10.9 Å². The fourth-order valence-electron chi connectivity index (χ4n) is 4.21. The van der Waals surface area contributed by atoms with Crippen LogP contribution in [0.4, 0.5) is 23.1 Å². The molecule has 0 radical (unpaired) electrons. The molecule has 5 rings (SSSR count). The first-order chi connectivity index (χ1) is 16.2. The number of carbonyl (C=O) groups is 1. The van der Waals surface area contributed by atoms with E-state index >= 15 is 0 Å². The van der Waals surface area contributed by atoms with Gasteiger partial charge >= 0.3 is 0 Å². The molecule has 0 aliphatic carbocycles. The van der Waals surface area contributed by atoms with Gasteiger partial charge in [-0.25, -0.2) is 4.98 Å². The van der Waals surface area contributed by atoms with Gasteiger partial charge in [0, 0.05) is 31.9 Å². The lowest BCUT2D eigenvalue weighted by Crippen LogP contribution is -2.41. The molecule has 1 aromatic heterocycles. The van der Waals surface area contributed by atoms with Gasteiger partial charge in [0.2, 0.25) is 11.9 Å². The Kier molecular flexibility index (Phi) is 5.52. The molecule has 166 valence electrons. The van der Waals surface area contributed by atoms with E-state index in [1.807, 2.05) is 60.7 Å². The fraction of sp³-hybridized carbons (Fsp3) is 0.192. The highest BCUT2D eigenvalue weighted by Gasteiger charge is 2.28. The van der Waals surface area contributed by atoms with Crippen molar-refractivity contribution in [3.05, 3.63) is 78.4 Å². The van der Waals surface area contributed by atoms with Crippen LogP contribution in [0.15, 0.2) is 72.8 Å². The van der Waals surface area contributed by atoms with Crippen molar-refractivity contribution in [2.45, 2.75) is 13.5 Å². The van der Waals surface area contributed by atoms with Crippen LogP contribution < -0.4 is 19.9 Å². The number of amides is 1. The monoisotopic (exact) mass is 439 g/mol.